The molecule has 0 amide bonds. The van der Waals surface area contributed by atoms with Crippen molar-refractivity contribution in [3.05, 3.63) is 18.0 Å². The van der Waals surface area contributed by atoms with Gasteiger partial charge in [0.1, 0.15) is 4.90 Å². The van der Waals surface area contributed by atoms with E-state index in [0.29, 0.717) is 24.0 Å². The average Bonchev–Trinajstić information content (AvgIpc) is 3.03. The Hall–Kier alpha value is -0.850. The fourth-order valence-electron chi connectivity index (χ4n) is 2.87. The topological polar surface area (TPSA) is 54.3 Å². The molecule has 1 aliphatic rings. The van der Waals surface area contributed by atoms with Crippen LogP contribution in [0.2, 0.25) is 0 Å². The highest BCUT2D eigenvalue weighted by atomic mass is 32.2. The average molecular weight is 313 g/mol. The van der Waals surface area contributed by atoms with Gasteiger partial charge in [0.05, 0.1) is 0 Å². The first kappa shape index (κ1) is 16.5. The minimum absolute atomic E-state index is 0.160. The molecule has 1 unspecified atom stereocenters. The molecular weight excluding hydrogens is 286 g/mol. The van der Waals surface area contributed by atoms with E-state index >= 15 is 0 Å². The van der Waals surface area contributed by atoms with E-state index < -0.39 is 10.0 Å². The Morgan fingerprint density at radius 3 is 2.76 bits per heavy atom. The molecule has 0 aromatic carbocycles. The summed E-state index contributed by atoms with van der Waals surface area (Å²) < 4.78 is 29.2. The van der Waals surface area contributed by atoms with Crippen LogP contribution >= 0.6 is 0 Å². The Balaban J connectivity index is 2.22. The molecule has 5 nitrogen and oxygen atoms in total. The highest BCUT2D eigenvalue weighted by molar-refractivity contribution is 7.89. The van der Waals surface area contributed by atoms with Crippen LogP contribution in [0.15, 0.2) is 17.2 Å². The van der Waals surface area contributed by atoms with Crippen LogP contribution in [-0.2, 0) is 23.6 Å². The van der Waals surface area contributed by atoms with Crippen molar-refractivity contribution in [1.82, 2.24) is 14.2 Å². The van der Waals surface area contributed by atoms with Gasteiger partial charge in [0, 0.05) is 44.1 Å². The van der Waals surface area contributed by atoms with E-state index in [4.69, 9.17) is 0 Å². The maximum Gasteiger partial charge on any atom is 0.244 e. The van der Waals surface area contributed by atoms with Gasteiger partial charge in [-0.3, -0.25) is 0 Å². The molecule has 1 atom stereocenters. The number of nitrogens with one attached hydrogen (secondary N) is 1. The van der Waals surface area contributed by atoms with Crippen LogP contribution in [-0.4, -0.2) is 35.9 Å². The molecule has 1 saturated heterocycles. The summed E-state index contributed by atoms with van der Waals surface area (Å²) in [7, 11) is -1.46. The molecule has 0 aliphatic carbocycles. The van der Waals surface area contributed by atoms with E-state index in [1.807, 2.05) is 11.6 Å². The first-order valence-electron chi connectivity index (χ1n) is 7.76. The number of aromatic nitrogens is 1. The van der Waals surface area contributed by atoms with Crippen molar-refractivity contribution >= 4 is 10.0 Å². The van der Waals surface area contributed by atoms with Crippen LogP contribution < -0.4 is 5.32 Å². The normalized spacial score (nSPS) is 20.5. The summed E-state index contributed by atoms with van der Waals surface area (Å²) in [6, 6.07) is 2.34. The van der Waals surface area contributed by atoms with Crippen molar-refractivity contribution in [3.63, 3.8) is 0 Å². The van der Waals surface area contributed by atoms with Gasteiger partial charge in [-0.15, -0.1) is 0 Å². The zero-order valence-corrected chi connectivity index (χ0v) is 14.3. The third-order valence-electron chi connectivity index (χ3n) is 4.18. The van der Waals surface area contributed by atoms with Crippen LogP contribution in [0.1, 0.15) is 45.7 Å². The van der Waals surface area contributed by atoms with Crippen molar-refractivity contribution in [1.29, 1.82) is 0 Å². The molecule has 2 heterocycles. The Labute approximate surface area is 128 Å². The third kappa shape index (κ3) is 3.49. The lowest BCUT2D eigenvalue weighted by molar-refractivity contribution is 0.379. The van der Waals surface area contributed by atoms with E-state index in [9.17, 15) is 8.42 Å². The van der Waals surface area contributed by atoms with Gasteiger partial charge >= 0.3 is 0 Å². The Bertz CT molecular complexity index is 578. The predicted octanol–water partition coefficient (Wildman–Crippen LogP) is 2.09. The molecule has 0 saturated carbocycles. The molecule has 1 aromatic heterocycles. The Morgan fingerprint density at radius 2 is 2.14 bits per heavy atom. The second-order valence-electron chi connectivity index (χ2n) is 6.13. The van der Waals surface area contributed by atoms with Crippen molar-refractivity contribution in [2.75, 3.05) is 6.54 Å². The van der Waals surface area contributed by atoms with Gasteiger partial charge in [0.25, 0.3) is 0 Å². The summed E-state index contributed by atoms with van der Waals surface area (Å²) in [6.07, 6.45) is 4.56. The summed E-state index contributed by atoms with van der Waals surface area (Å²) in [6.45, 7) is 7.55. The van der Waals surface area contributed by atoms with Gasteiger partial charge in [-0.05, 0) is 25.3 Å². The number of nitrogens with zero attached hydrogens (tertiary/aromatic N) is 2. The highest BCUT2D eigenvalue weighted by Gasteiger charge is 2.34. The number of rotatable bonds is 6. The minimum atomic E-state index is -3.36. The molecule has 0 bridgehead atoms. The van der Waals surface area contributed by atoms with E-state index in [-0.39, 0.29) is 6.04 Å². The maximum absolute atomic E-state index is 12.8. The van der Waals surface area contributed by atoms with Gasteiger partial charge in [0.15, 0.2) is 0 Å². The largest absolute Gasteiger partial charge is 0.352 e. The number of hydrogen-bond donors (Lipinski definition) is 1. The highest BCUT2D eigenvalue weighted by Crippen LogP contribution is 2.28. The van der Waals surface area contributed by atoms with Gasteiger partial charge in [-0.25, -0.2) is 8.42 Å². The molecule has 1 aliphatic heterocycles. The van der Waals surface area contributed by atoms with Gasteiger partial charge < -0.3 is 9.88 Å². The predicted molar refractivity (Wildman–Crippen MR) is 84.6 cm³/mol. The van der Waals surface area contributed by atoms with Crippen LogP contribution in [0.4, 0.5) is 0 Å². The molecular formula is C15H27N3O2S. The lowest BCUT2D eigenvalue weighted by atomic mass is 10.2. The molecule has 1 fully saturated rings. The van der Waals surface area contributed by atoms with Crippen molar-refractivity contribution in [2.45, 2.75) is 63.6 Å². The lowest BCUT2D eigenvalue weighted by Crippen LogP contribution is -2.34. The van der Waals surface area contributed by atoms with E-state index in [2.05, 4.69) is 26.1 Å². The van der Waals surface area contributed by atoms with E-state index in [1.54, 1.807) is 16.6 Å². The SMILES string of the molecule is CCC1CCCN1S(=O)(=O)c1cc(CNC(C)C)n(C)c1. The maximum atomic E-state index is 12.8. The fourth-order valence-corrected chi connectivity index (χ4v) is 4.73. The zero-order chi connectivity index (χ0) is 15.6. The first-order chi connectivity index (χ1) is 9.86. The molecule has 0 spiro atoms. The summed E-state index contributed by atoms with van der Waals surface area (Å²) in [5.74, 6) is 0. The summed E-state index contributed by atoms with van der Waals surface area (Å²) in [5.41, 5.74) is 0.995. The Kier molecular flexibility index (Phi) is 5.11. The molecule has 6 heteroatoms. The molecule has 1 aromatic rings. The molecule has 0 radical (unpaired) electrons. The second-order valence-corrected chi connectivity index (χ2v) is 8.02. The quantitative estimate of drug-likeness (QED) is 0.875. The van der Waals surface area contributed by atoms with Gasteiger partial charge in [0.2, 0.25) is 10.0 Å². The smallest absolute Gasteiger partial charge is 0.244 e. The molecule has 2 rings (SSSR count). The van der Waals surface area contributed by atoms with Crippen molar-refractivity contribution in [3.8, 4) is 0 Å². The number of sulfonamides is 1. The van der Waals surface area contributed by atoms with Crippen LogP contribution in [0.5, 0.6) is 0 Å². The van der Waals surface area contributed by atoms with Crippen molar-refractivity contribution in [2.24, 2.45) is 7.05 Å². The second kappa shape index (κ2) is 6.50. The summed E-state index contributed by atoms with van der Waals surface area (Å²) in [4.78, 5) is 0.422. The number of aryl methyl sites for hydroxylation is 1. The van der Waals surface area contributed by atoms with Crippen LogP contribution in [0.25, 0.3) is 0 Å². The zero-order valence-electron chi connectivity index (χ0n) is 13.5. The van der Waals surface area contributed by atoms with Crippen LogP contribution in [0.3, 0.4) is 0 Å². The summed E-state index contributed by atoms with van der Waals surface area (Å²) in [5, 5.41) is 3.33. The monoisotopic (exact) mass is 313 g/mol. The van der Waals surface area contributed by atoms with E-state index in [1.165, 1.54) is 0 Å². The summed E-state index contributed by atoms with van der Waals surface area (Å²) >= 11 is 0. The van der Waals surface area contributed by atoms with Gasteiger partial charge in [-0.1, -0.05) is 20.8 Å². The van der Waals surface area contributed by atoms with E-state index in [0.717, 1.165) is 25.0 Å². The molecule has 21 heavy (non-hydrogen) atoms. The van der Waals surface area contributed by atoms with Gasteiger partial charge in [-0.2, -0.15) is 4.31 Å². The first-order valence-corrected chi connectivity index (χ1v) is 9.20. The van der Waals surface area contributed by atoms with Crippen LogP contribution in [0, 0.1) is 0 Å². The molecule has 1 N–H and O–H groups in total. The fraction of sp³-hybridized carbons (Fsp3) is 0.733. The standard InChI is InChI=1S/C15H27N3O2S/c1-5-13-7-6-8-18(13)21(19,20)15-9-14(17(4)11-15)10-16-12(2)3/h9,11-13,16H,5-8,10H2,1-4H3. The molecule has 120 valence electrons. The minimum Gasteiger partial charge on any atom is -0.352 e. The lowest BCUT2D eigenvalue weighted by Gasteiger charge is -2.22. The van der Waals surface area contributed by atoms with Crippen molar-refractivity contribution < 1.29 is 8.42 Å². The Morgan fingerprint density at radius 1 is 1.43 bits per heavy atom. The number of hydrogen-bond acceptors (Lipinski definition) is 3. The third-order valence-corrected chi connectivity index (χ3v) is 6.09.